The Labute approximate surface area is 165 Å². The van der Waals surface area contributed by atoms with E-state index in [0.29, 0.717) is 17.5 Å². The molecule has 2 rings (SSSR count). The summed E-state index contributed by atoms with van der Waals surface area (Å²) in [7, 11) is -3.89. The van der Waals surface area contributed by atoms with E-state index >= 15 is 0 Å². The zero-order chi connectivity index (χ0) is 19.3. The van der Waals surface area contributed by atoms with Crippen LogP contribution in [0.5, 0.6) is 0 Å². The molecule has 2 aromatic rings. The largest absolute Gasteiger partial charge is 0.329 e. The molecule has 0 aliphatic rings. The summed E-state index contributed by atoms with van der Waals surface area (Å²) in [4.78, 5) is 10.6. The lowest BCUT2D eigenvalue weighted by Crippen LogP contribution is -2.37. The monoisotopic (exact) mass is 413 g/mol. The lowest BCUT2D eigenvalue weighted by atomic mass is 10.1. The van der Waals surface area contributed by atoms with Gasteiger partial charge in [-0.15, -0.1) is 12.4 Å². The third kappa shape index (κ3) is 5.49. The maximum Gasteiger partial charge on any atom is 0.273 e. The first-order valence-electron chi connectivity index (χ1n) is 8.27. The molecule has 7 nitrogen and oxygen atoms in total. The normalized spacial score (nSPS) is 11.3. The van der Waals surface area contributed by atoms with Gasteiger partial charge in [0.25, 0.3) is 5.69 Å². The number of hydrogen-bond acceptors (Lipinski definition) is 5. The van der Waals surface area contributed by atoms with E-state index in [-0.39, 0.29) is 42.6 Å². The Balaban J connectivity index is 0.00000364. The first-order chi connectivity index (χ1) is 12.3. The van der Waals surface area contributed by atoms with Crippen LogP contribution in [0.3, 0.4) is 0 Å². The summed E-state index contributed by atoms with van der Waals surface area (Å²) in [5, 5.41) is 11.2. The van der Waals surface area contributed by atoms with Crippen LogP contribution in [-0.2, 0) is 16.4 Å². The number of benzene rings is 2. The molecule has 0 aliphatic carbocycles. The quantitative estimate of drug-likeness (QED) is 0.529. The Morgan fingerprint density at radius 1 is 1.07 bits per heavy atom. The molecule has 9 heteroatoms. The third-order valence-corrected chi connectivity index (χ3v) is 6.22. The molecule has 0 unspecified atom stereocenters. The van der Waals surface area contributed by atoms with Crippen molar-refractivity contribution in [2.24, 2.45) is 5.73 Å². The summed E-state index contributed by atoms with van der Waals surface area (Å²) < 4.78 is 27.5. The second-order valence-electron chi connectivity index (χ2n) is 6.09. The minimum atomic E-state index is -3.89. The van der Waals surface area contributed by atoms with Crippen molar-refractivity contribution in [3.63, 3.8) is 0 Å². The molecular weight excluding hydrogens is 390 g/mol. The van der Waals surface area contributed by atoms with Crippen molar-refractivity contribution in [1.82, 2.24) is 4.31 Å². The van der Waals surface area contributed by atoms with Gasteiger partial charge in [-0.25, -0.2) is 8.42 Å². The van der Waals surface area contributed by atoms with Crippen LogP contribution in [0.4, 0.5) is 5.69 Å². The van der Waals surface area contributed by atoms with Crippen molar-refractivity contribution in [2.75, 3.05) is 19.6 Å². The average molecular weight is 414 g/mol. The summed E-state index contributed by atoms with van der Waals surface area (Å²) in [5.41, 5.74) is 7.32. The fourth-order valence-electron chi connectivity index (χ4n) is 2.83. The van der Waals surface area contributed by atoms with Crippen LogP contribution in [0, 0.1) is 24.0 Å². The van der Waals surface area contributed by atoms with Gasteiger partial charge in [0.2, 0.25) is 10.0 Å². The van der Waals surface area contributed by atoms with Crippen LogP contribution in [0.25, 0.3) is 0 Å². The number of aryl methyl sites for hydroxylation is 2. The van der Waals surface area contributed by atoms with E-state index < -0.39 is 14.9 Å². The lowest BCUT2D eigenvalue weighted by molar-refractivity contribution is -0.385. The summed E-state index contributed by atoms with van der Waals surface area (Å²) >= 11 is 0. The Kier molecular flexibility index (Phi) is 8.36. The van der Waals surface area contributed by atoms with E-state index in [1.807, 2.05) is 30.3 Å². The van der Waals surface area contributed by atoms with Crippen LogP contribution in [0.15, 0.2) is 47.4 Å². The van der Waals surface area contributed by atoms with Crippen molar-refractivity contribution in [1.29, 1.82) is 0 Å². The molecule has 0 aromatic heterocycles. The van der Waals surface area contributed by atoms with Crippen LogP contribution in [-0.4, -0.2) is 37.3 Å². The first-order valence-corrected chi connectivity index (χ1v) is 9.71. The Bertz CT molecular complexity index is 889. The molecule has 0 fully saturated rings. The van der Waals surface area contributed by atoms with E-state index in [2.05, 4.69) is 0 Å². The molecule has 0 spiro atoms. The molecule has 0 atom stereocenters. The van der Waals surface area contributed by atoms with Gasteiger partial charge in [0.15, 0.2) is 0 Å². The van der Waals surface area contributed by atoms with Gasteiger partial charge in [0, 0.05) is 31.3 Å². The van der Waals surface area contributed by atoms with Crippen molar-refractivity contribution in [3.8, 4) is 0 Å². The molecule has 2 aromatic carbocycles. The van der Waals surface area contributed by atoms with Gasteiger partial charge < -0.3 is 5.73 Å². The molecule has 0 heterocycles. The summed E-state index contributed by atoms with van der Waals surface area (Å²) in [5.74, 6) is 0. The number of rotatable bonds is 8. The Morgan fingerprint density at radius 2 is 1.70 bits per heavy atom. The number of nitro groups is 1. The summed E-state index contributed by atoms with van der Waals surface area (Å²) in [6, 6.07) is 12.2. The number of halogens is 1. The van der Waals surface area contributed by atoms with Gasteiger partial charge in [0.05, 0.1) is 9.82 Å². The van der Waals surface area contributed by atoms with Crippen LogP contribution in [0.2, 0.25) is 0 Å². The second-order valence-corrected chi connectivity index (χ2v) is 8.00. The number of nitro benzene ring substituents is 1. The van der Waals surface area contributed by atoms with Gasteiger partial charge in [-0.2, -0.15) is 4.31 Å². The standard InChI is InChI=1S/C18H23N3O4S.ClH/c1-14-12-15(2)18(13-17(14)21(22)23)26(24,25)20(11-9-19)10-8-16-6-4-3-5-7-16;/h3-7,12-13H,8-11,19H2,1-2H3;1H. The van der Waals surface area contributed by atoms with Crippen molar-refractivity contribution in [2.45, 2.75) is 25.2 Å². The van der Waals surface area contributed by atoms with E-state index in [4.69, 9.17) is 5.73 Å². The first kappa shape index (κ1) is 23.0. The highest BCUT2D eigenvalue weighted by Gasteiger charge is 2.28. The summed E-state index contributed by atoms with van der Waals surface area (Å²) in [6.07, 6.45) is 0.535. The van der Waals surface area contributed by atoms with E-state index in [9.17, 15) is 18.5 Å². The smallest absolute Gasteiger partial charge is 0.273 e. The predicted molar refractivity (Wildman–Crippen MR) is 108 cm³/mol. The molecule has 148 valence electrons. The molecule has 0 amide bonds. The zero-order valence-electron chi connectivity index (χ0n) is 15.3. The third-order valence-electron chi connectivity index (χ3n) is 4.18. The molecular formula is C18H24ClN3O4S. The lowest BCUT2D eigenvalue weighted by Gasteiger charge is -2.22. The molecule has 0 radical (unpaired) electrons. The maximum absolute atomic E-state index is 13.1. The van der Waals surface area contributed by atoms with E-state index in [0.717, 1.165) is 11.6 Å². The molecule has 2 N–H and O–H groups in total. The molecule has 0 saturated heterocycles. The summed E-state index contributed by atoms with van der Waals surface area (Å²) in [6.45, 7) is 3.80. The fourth-order valence-corrected chi connectivity index (χ4v) is 4.51. The van der Waals surface area contributed by atoms with Gasteiger partial charge in [-0.05, 0) is 37.5 Å². The van der Waals surface area contributed by atoms with Crippen LogP contribution >= 0.6 is 12.4 Å². The molecule has 0 aliphatic heterocycles. The minimum Gasteiger partial charge on any atom is -0.329 e. The minimum absolute atomic E-state index is 0. The Hall–Kier alpha value is -2.00. The fraction of sp³-hybridized carbons (Fsp3) is 0.333. The zero-order valence-corrected chi connectivity index (χ0v) is 16.9. The van der Waals surface area contributed by atoms with Crippen LogP contribution in [0.1, 0.15) is 16.7 Å². The average Bonchev–Trinajstić information content (AvgIpc) is 2.58. The number of nitrogens with zero attached hydrogens (tertiary/aromatic N) is 2. The second kappa shape index (κ2) is 9.80. The molecule has 0 saturated carbocycles. The predicted octanol–water partition coefficient (Wildman–Crippen LogP) is 2.83. The van der Waals surface area contributed by atoms with Gasteiger partial charge in [-0.1, -0.05) is 30.3 Å². The van der Waals surface area contributed by atoms with Crippen molar-refractivity contribution in [3.05, 3.63) is 69.3 Å². The highest BCUT2D eigenvalue weighted by atomic mass is 35.5. The number of hydrogen-bond donors (Lipinski definition) is 1. The highest BCUT2D eigenvalue weighted by Crippen LogP contribution is 2.28. The number of nitrogens with two attached hydrogens (primary N) is 1. The molecule has 0 bridgehead atoms. The van der Waals surface area contributed by atoms with E-state index in [1.54, 1.807) is 13.8 Å². The Morgan fingerprint density at radius 3 is 2.26 bits per heavy atom. The maximum atomic E-state index is 13.1. The van der Waals surface area contributed by atoms with E-state index in [1.165, 1.54) is 10.4 Å². The molecule has 27 heavy (non-hydrogen) atoms. The van der Waals surface area contributed by atoms with Crippen molar-refractivity contribution < 1.29 is 13.3 Å². The van der Waals surface area contributed by atoms with Gasteiger partial charge >= 0.3 is 0 Å². The topological polar surface area (TPSA) is 107 Å². The van der Waals surface area contributed by atoms with Crippen LogP contribution < -0.4 is 5.73 Å². The number of sulfonamides is 1. The van der Waals surface area contributed by atoms with Gasteiger partial charge in [-0.3, -0.25) is 10.1 Å². The van der Waals surface area contributed by atoms with Gasteiger partial charge in [0.1, 0.15) is 0 Å². The van der Waals surface area contributed by atoms with Crippen molar-refractivity contribution >= 4 is 28.1 Å². The highest BCUT2D eigenvalue weighted by molar-refractivity contribution is 7.89. The SMILES string of the molecule is Cc1cc(C)c(S(=O)(=O)N(CCN)CCc2ccccc2)cc1[N+](=O)[O-].Cl.